The number of carbonyl (C=O) groups is 1. The van der Waals surface area contributed by atoms with Crippen LogP contribution < -0.4 is 0 Å². The first-order valence-corrected chi connectivity index (χ1v) is 9.42. The van der Waals surface area contributed by atoms with E-state index in [0.717, 1.165) is 17.7 Å². The van der Waals surface area contributed by atoms with Crippen LogP contribution in [0, 0.1) is 0 Å². The number of aromatic nitrogens is 1. The summed E-state index contributed by atoms with van der Waals surface area (Å²) in [5, 5.41) is 4.62. The first kappa shape index (κ1) is 16.7. The number of ketones is 1. The molecule has 0 N–H and O–H groups in total. The van der Waals surface area contributed by atoms with E-state index in [0.29, 0.717) is 37.7 Å². The zero-order valence-corrected chi connectivity index (χ0v) is 15.4. The van der Waals surface area contributed by atoms with Crippen molar-refractivity contribution in [1.82, 2.24) is 5.16 Å². The first-order chi connectivity index (χ1) is 12.1. The van der Waals surface area contributed by atoms with Crippen LogP contribution in [-0.4, -0.2) is 10.9 Å². The molecule has 0 saturated heterocycles. The minimum Gasteiger partial charge on any atom is -0.360 e. The second kappa shape index (κ2) is 6.87. The summed E-state index contributed by atoms with van der Waals surface area (Å²) in [6.45, 7) is 0. The van der Waals surface area contributed by atoms with Crippen molar-refractivity contribution in [3.8, 4) is 0 Å². The van der Waals surface area contributed by atoms with Crippen LogP contribution in [0.25, 0.3) is 0 Å². The molecule has 0 unspecified atom stereocenters. The number of hydrogen-bond donors (Lipinski definition) is 0. The van der Waals surface area contributed by atoms with Gasteiger partial charge in [0.2, 0.25) is 0 Å². The Balaban J connectivity index is 1.77. The maximum absolute atomic E-state index is 13.1. The molecule has 1 aliphatic rings. The molecule has 0 amide bonds. The molecule has 126 valence electrons. The van der Waals surface area contributed by atoms with E-state index in [4.69, 9.17) is 27.7 Å². The predicted octanol–water partition coefficient (Wildman–Crippen LogP) is 6.24. The van der Waals surface area contributed by atoms with Crippen LogP contribution in [0.15, 0.2) is 63.0 Å². The molecule has 3 aromatic rings. The van der Waals surface area contributed by atoms with Crippen molar-refractivity contribution < 1.29 is 9.32 Å². The van der Waals surface area contributed by atoms with Gasteiger partial charge in [-0.05, 0) is 37.1 Å². The van der Waals surface area contributed by atoms with Gasteiger partial charge in [0.15, 0.2) is 11.5 Å². The lowest BCUT2D eigenvalue weighted by molar-refractivity contribution is 0.103. The fourth-order valence-corrected chi connectivity index (χ4v) is 4.11. The molecule has 1 aromatic heterocycles. The van der Waals surface area contributed by atoms with E-state index in [9.17, 15) is 4.79 Å². The summed E-state index contributed by atoms with van der Waals surface area (Å²) in [5.74, 6) is 0.835. The Kier molecular flexibility index (Phi) is 4.59. The Labute approximate surface area is 159 Å². The quantitative estimate of drug-likeness (QED) is 0.484. The summed E-state index contributed by atoms with van der Waals surface area (Å²) < 4.78 is 5.31. The zero-order valence-electron chi connectivity index (χ0n) is 13.0. The van der Waals surface area contributed by atoms with Gasteiger partial charge in [0.25, 0.3) is 0 Å². The molecular weight excluding hydrogens is 377 g/mol. The monoisotopic (exact) mass is 389 g/mol. The molecule has 0 aliphatic heterocycles. The van der Waals surface area contributed by atoms with E-state index in [1.165, 1.54) is 18.0 Å². The van der Waals surface area contributed by atoms with Crippen molar-refractivity contribution in [3.05, 3.63) is 75.6 Å². The van der Waals surface area contributed by atoms with E-state index < -0.39 is 0 Å². The van der Waals surface area contributed by atoms with Gasteiger partial charge < -0.3 is 4.52 Å². The highest BCUT2D eigenvalue weighted by Gasteiger charge is 2.33. The van der Waals surface area contributed by atoms with Crippen LogP contribution in [0.2, 0.25) is 10.0 Å². The minimum absolute atomic E-state index is 0.139. The van der Waals surface area contributed by atoms with Crippen molar-refractivity contribution in [2.75, 3.05) is 0 Å². The maximum atomic E-state index is 13.1. The Morgan fingerprint density at radius 3 is 2.56 bits per heavy atom. The van der Waals surface area contributed by atoms with Crippen molar-refractivity contribution in [3.63, 3.8) is 0 Å². The third-order valence-corrected chi connectivity index (χ3v) is 6.10. The van der Waals surface area contributed by atoms with E-state index >= 15 is 0 Å². The molecule has 1 heterocycles. The van der Waals surface area contributed by atoms with Gasteiger partial charge in [-0.2, -0.15) is 0 Å². The van der Waals surface area contributed by atoms with Gasteiger partial charge in [-0.3, -0.25) is 4.79 Å². The second-order valence-electron chi connectivity index (χ2n) is 5.86. The topological polar surface area (TPSA) is 43.1 Å². The molecule has 4 rings (SSSR count). The number of nitrogens with zero attached hydrogens (tertiary/aromatic N) is 1. The second-order valence-corrected chi connectivity index (χ2v) is 7.73. The molecular formula is C19H13Cl2NO2S. The fourth-order valence-electron chi connectivity index (χ4n) is 2.62. The van der Waals surface area contributed by atoms with Crippen LogP contribution in [0.5, 0.6) is 0 Å². The molecule has 1 fully saturated rings. The van der Waals surface area contributed by atoms with Gasteiger partial charge in [-0.1, -0.05) is 58.3 Å². The maximum Gasteiger partial charge on any atom is 0.199 e. The number of benzene rings is 2. The van der Waals surface area contributed by atoms with Crippen LogP contribution in [0.4, 0.5) is 0 Å². The molecule has 3 nitrogen and oxygen atoms in total. The number of halogens is 2. The van der Waals surface area contributed by atoms with Crippen LogP contribution in [-0.2, 0) is 0 Å². The highest BCUT2D eigenvalue weighted by Crippen LogP contribution is 2.44. The number of hydrogen-bond acceptors (Lipinski definition) is 4. The molecule has 0 radical (unpaired) electrons. The standard InChI is InChI=1S/C19H13Cl2NO2S/c20-15-9-8-13(17(23)14-10-22-24-18(14)11-6-7-11)19(16(15)21)25-12-4-2-1-3-5-12/h1-5,8-11H,6-7H2. The molecule has 2 aromatic carbocycles. The van der Waals surface area contributed by atoms with Crippen molar-refractivity contribution >= 4 is 40.7 Å². The highest BCUT2D eigenvalue weighted by atomic mass is 35.5. The lowest BCUT2D eigenvalue weighted by Crippen LogP contribution is -2.05. The Morgan fingerprint density at radius 1 is 1.08 bits per heavy atom. The molecule has 1 aliphatic carbocycles. The first-order valence-electron chi connectivity index (χ1n) is 7.85. The minimum atomic E-state index is -0.139. The smallest absolute Gasteiger partial charge is 0.199 e. The Hall–Kier alpha value is -1.75. The molecule has 6 heteroatoms. The van der Waals surface area contributed by atoms with E-state index in [1.54, 1.807) is 12.1 Å². The lowest BCUT2D eigenvalue weighted by atomic mass is 10.0. The van der Waals surface area contributed by atoms with Crippen molar-refractivity contribution in [2.24, 2.45) is 0 Å². The van der Waals surface area contributed by atoms with Gasteiger partial charge in [0.1, 0.15) is 0 Å². The van der Waals surface area contributed by atoms with Gasteiger partial charge in [0, 0.05) is 21.3 Å². The van der Waals surface area contributed by atoms with Crippen LogP contribution in [0.3, 0.4) is 0 Å². The molecule has 0 spiro atoms. The van der Waals surface area contributed by atoms with Crippen molar-refractivity contribution in [2.45, 2.75) is 28.6 Å². The average Bonchev–Trinajstić information content (AvgIpc) is 3.36. The van der Waals surface area contributed by atoms with E-state index in [2.05, 4.69) is 5.16 Å². The Morgan fingerprint density at radius 2 is 1.84 bits per heavy atom. The van der Waals surface area contributed by atoms with Gasteiger partial charge in [0.05, 0.1) is 21.8 Å². The van der Waals surface area contributed by atoms with Gasteiger partial charge >= 0.3 is 0 Å². The summed E-state index contributed by atoms with van der Waals surface area (Å²) in [6, 6.07) is 13.1. The highest BCUT2D eigenvalue weighted by molar-refractivity contribution is 7.99. The average molecular weight is 390 g/mol. The lowest BCUT2D eigenvalue weighted by Gasteiger charge is -2.11. The van der Waals surface area contributed by atoms with Crippen LogP contribution in [0.1, 0.15) is 40.4 Å². The Bertz CT molecular complexity index is 936. The summed E-state index contributed by atoms with van der Waals surface area (Å²) in [5.41, 5.74) is 1.02. The summed E-state index contributed by atoms with van der Waals surface area (Å²) in [6.07, 6.45) is 3.56. The van der Waals surface area contributed by atoms with Crippen molar-refractivity contribution in [1.29, 1.82) is 0 Å². The van der Waals surface area contributed by atoms with Crippen LogP contribution >= 0.6 is 35.0 Å². The summed E-state index contributed by atoms with van der Waals surface area (Å²) in [4.78, 5) is 14.7. The largest absolute Gasteiger partial charge is 0.360 e. The number of rotatable bonds is 5. The van der Waals surface area contributed by atoms with Gasteiger partial charge in [-0.25, -0.2) is 0 Å². The third kappa shape index (κ3) is 3.34. The van der Waals surface area contributed by atoms with Gasteiger partial charge in [-0.15, -0.1) is 0 Å². The number of carbonyl (C=O) groups excluding carboxylic acids is 1. The molecule has 1 saturated carbocycles. The molecule has 0 atom stereocenters. The fraction of sp³-hybridized carbons (Fsp3) is 0.158. The normalized spacial score (nSPS) is 13.8. The molecule has 0 bridgehead atoms. The van der Waals surface area contributed by atoms with E-state index in [1.807, 2.05) is 30.3 Å². The molecule has 25 heavy (non-hydrogen) atoms. The summed E-state index contributed by atoms with van der Waals surface area (Å²) in [7, 11) is 0. The predicted molar refractivity (Wildman–Crippen MR) is 98.9 cm³/mol. The SMILES string of the molecule is O=C(c1cnoc1C1CC1)c1ccc(Cl)c(Cl)c1Sc1ccccc1. The third-order valence-electron chi connectivity index (χ3n) is 4.05. The summed E-state index contributed by atoms with van der Waals surface area (Å²) >= 11 is 14.0. The van der Waals surface area contributed by atoms with E-state index in [-0.39, 0.29) is 5.78 Å². The zero-order chi connectivity index (χ0) is 17.4.